The van der Waals surface area contributed by atoms with E-state index >= 15 is 0 Å². The van der Waals surface area contributed by atoms with Gasteiger partial charge in [0.2, 0.25) is 5.91 Å². The van der Waals surface area contributed by atoms with Gasteiger partial charge in [-0.3, -0.25) is 14.7 Å². The molecular formula is C24H30N4O2. The highest BCUT2D eigenvalue weighted by Crippen LogP contribution is 2.29. The summed E-state index contributed by atoms with van der Waals surface area (Å²) < 4.78 is 5.53. The van der Waals surface area contributed by atoms with Crippen LogP contribution in [0.1, 0.15) is 18.5 Å². The summed E-state index contributed by atoms with van der Waals surface area (Å²) in [5.74, 6) is 1.01. The molecule has 2 saturated heterocycles. The van der Waals surface area contributed by atoms with Crippen molar-refractivity contribution in [2.45, 2.75) is 18.9 Å². The maximum Gasteiger partial charge on any atom is 0.246 e. The maximum atomic E-state index is 12.7. The van der Waals surface area contributed by atoms with Crippen LogP contribution < -0.4 is 9.64 Å². The van der Waals surface area contributed by atoms with E-state index in [2.05, 4.69) is 26.9 Å². The largest absolute Gasteiger partial charge is 0.495 e. The normalized spacial score (nSPS) is 20.5. The molecule has 3 heterocycles. The van der Waals surface area contributed by atoms with Gasteiger partial charge in [0.25, 0.3) is 0 Å². The predicted molar refractivity (Wildman–Crippen MR) is 120 cm³/mol. The Balaban J connectivity index is 1.32. The summed E-state index contributed by atoms with van der Waals surface area (Å²) in [6.07, 6.45) is 7.41. The van der Waals surface area contributed by atoms with Gasteiger partial charge in [0.15, 0.2) is 0 Å². The summed E-state index contributed by atoms with van der Waals surface area (Å²) in [4.78, 5) is 23.9. The maximum absolute atomic E-state index is 12.7. The molecule has 30 heavy (non-hydrogen) atoms. The summed E-state index contributed by atoms with van der Waals surface area (Å²) in [6, 6.07) is 14.4. The lowest BCUT2D eigenvalue weighted by Crippen LogP contribution is -2.55. The Kier molecular flexibility index (Phi) is 6.64. The molecule has 2 fully saturated rings. The number of likely N-dealkylation sites (tertiary alicyclic amines) is 1. The van der Waals surface area contributed by atoms with Crippen LogP contribution in [0.3, 0.4) is 0 Å². The lowest BCUT2D eigenvalue weighted by atomic mass is 10.0. The molecule has 0 bridgehead atoms. The van der Waals surface area contributed by atoms with Crippen molar-refractivity contribution in [1.82, 2.24) is 14.8 Å². The van der Waals surface area contributed by atoms with Crippen LogP contribution in [-0.2, 0) is 4.79 Å². The number of piperidine rings is 1. The molecule has 4 rings (SSSR count). The number of hydrogen-bond donors (Lipinski definition) is 0. The molecule has 2 aliphatic rings. The fourth-order valence-corrected chi connectivity index (χ4v) is 4.41. The van der Waals surface area contributed by atoms with Crippen LogP contribution >= 0.6 is 0 Å². The van der Waals surface area contributed by atoms with Gasteiger partial charge in [-0.1, -0.05) is 18.2 Å². The predicted octanol–water partition coefficient (Wildman–Crippen LogP) is 2.92. The third-order valence-corrected chi connectivity index (χ3v) is 6.05. The third kappa shape index (κ3) is 4.82. The number of hydrogen-bond acceptors (Lipinski definition) is 5. The second kappa shape index (κ2) is 9.76. The van der Waals surface area contributed by atoms with Crippen molar-refractivity contribution in [1.29, 1.82) is 0 Å². The van der Waals surface area contributed by atoms with E-state index in [1.165, 1.54) is 5.69 Å². The number of rotatable bonds is 5. The lowest BCUT2D eigenvalue weighted by molar-refractivity contribution is -0.128. The molecule has 0 N–H and O–H groups in total. The monoisotopic (exact) mass is 406 g/mol. The van der Waals surface area contributed by atoms with Crippen molar-refractivity contribution in [2.24, 2.45) is 0 Å². The van der Waals surface area contributed by atoms with E-state index in [4.69, 9.17) is 4.74 Å². The molecule has 2 aliphatic heterocycles. The minimum absolute atomic E-state index is 0.0815. The van der Waals surface area contributed by atoms with Gasteiger partial charge in [0.05, 0.1) is 18.5 Å². The first-order valence-corrected chi connectivity index (χ1v) is 10.7. The average molecular weight is 407 g/mol. The van der Waals surface area contributed by atoms with Crippen LogP contribution in [0.15, 0.2) is 54.7 Å². The van der Waals surface area contributed by atoms with Crippen molar-refractivity contribution in [3.8, 4) is 5.75 Å². The zero-order valence-corrected chi connectivity index (χ0v) is 17.6. The smallest absolute Gasteiger partial charge is 0.246 e. The van der Waals surface area contributed by atoms with Crippen LogP contribution in [0, 0.1) is 0 Å². The number of piperazine rings is 1. The molecule has 1 amide bonds. The second-order valence-corrected chi connectivity index (χ2v) is 7.86. The van der Waals surface area contributed by atoms with Crippen molar-refractivity contribution in [2.75, 3.05) is 51.3 Å². The molecule has 1 aromatic carbocycles. The Labute approximate surface area is 178 Å². The van der Waals surface area contributed by atoms with Crippen LogP contribution in [0.25, 0.3) is 6.08 Å². The zero-order chi connectivity index (χ0) is 20.8. The van der Waals surface area contributed by atoms with Gasteiger partial charge in [0.1, 0.15) is 5.75 Å². The van der Waals surface area contributed by atoms with Gasteiger partial charge < -0.3 is 14.5 Å². The van der Waals surface area contributed by atoms with Crippen LogP contribution in [0.5, 0.6) is 5.75 Å². The van der Waals surface area contributed by atoms with E-state index < -0.39 is 0 Å². The fourth-order valence-electron chi connectivity index (χ4n) is 4.41. The standard InChI is InChI=1S/C24H30N4O2/c1-30-23-10-3-2-9-22(23)27-17-15-26(16-18-27)21-8-6-14-28(19-21)24(29)12-11-20-7-4-5-13-25-20/h2-5,7,9-13,21H,6,8,14-19H2,1H3/b12-11+/t21-/m0/s1. The Bertz CT molecular complexity index is 863. The number of anilines is 1. The SMILES string of the molecule is COc1ccccc1N1CCN([C@H]2CCCN(C(=O)/C=C/c3ccccn3)C2)CC1. The number of para-hydroxylation sites is 2. The minimum atomic E-state index is 0.0815. The molecule has 2 aromatic rings. The molecule has 0 aliphatic carbocycles. The Morgan fingerprint density at radius 1 is 1.07 bits per heavy atom. The van der Waals surface area contributed by atoms with Crippen molar-refractivity contribution in [3.05, 3.63) is 60.4 Å². The van der Waals surface area contributed by atoms with E-state index in [1.54, 1.807) is 25.5 Å². The molecule has 1 atom stereocenters. The molecule has 0 radical (unpaired) electrons. The number of ether oxygens (including phenoxy) is 1. The Morgan fingerprint density at radius 3 is 2.63 bits per heavy atom. The zero-order valence-electron chi connectivity index (χ0n) is 17.6. The van der Waals surface area contributed by atoms with Gasteiger partial charge in [-0.2, -0.15) is 0 Å². The molecule has 6 nitrogen and oxygen atoms in total. The van der Waals surface area contributed by atoms with Crippen LogP contribution in [0.4, 0.5) is 5.69 Å². The molecule has 0 unspecified atom stereocenters. The molecular weight excluding hydrogens is 376 g/mol. The van der Waals surface area contributed by atoms with E-state index in [-0.39, 0.29) is 5.91 Å². The molecule has 0 saturated carbocycles. The van der Waals surface area contributed by atoms with Gasteiger partial charge in [-0.05, 0) is 43.2 Å². The number of amides is 1. The quantitative estimate of drug-likeness (QED) is 0.715. The summed E-state index contributed by atoms with van der Waals surface area (Å²) in [5.41, 5.74) is 1.98. The molecule has 6 heteroatoms. The lowest BCUT2D eigenvalue weighted by Gasteiger charge is -2.44. The van der Waals surface area contributed by atoms with Crippen molar-refractivity contribution in [3.63, 3.8) is 0 Å². The summed E-state index contributed by atoms with van der Waals surface area (Å²) in [5, 5.41) is 0. The first kappa shape index (κ1) is 20.4. The number of benzene rings is 1. The van der Waals surface area contributed by atoms with E-state index in [0.29, 0.717) is 6.04 Å². The van der Waals surface area contributed by atoms with Gasteiger partial charge in [0, 0.05) is 57.6 Å². The third-order valence-electron chi connectivity index (χ3n) is 6.05. The Hall–Kier alpha value is -2.86. The summed E-state index contributed by atoms with van der Waals surface area (Å²) in [6.45, 7) is 5.61. The number of aromatic nitrogens is 1. The van der Waals surface area contributed by atoms with Gasteiger partial charge in [-0.15, -0.1) is 0 Å². The number of nitrogens with zero attached hydrogens (tertiary/aromatic N) is 4. The number of carbonyl (C=O) groups excluding carboxylic acids is 1. The highest BCUT2D eigenvalue weighted by atomic mass is 16.5. The summed E-state index contributed by atoms with van der Waals surface area (Å²) in [7, 11) is 1.73. The summed E-state index contributed by atoms with van der Waals surface area (Å²) >= 11 is 0. The van der Waals surface area contributed by atoms with Gasteiger partial charge in [-0.25, -0.2) is 0 Å². The van der Waals surface area contributed by atoms with E-state index in [1.807, 2.05) is 35.2 Å². The number of carbonyl (C=O) groups is 1. The van der Waals surface area contributed by atoms with Crippen LogP contribution in [0.2, 0.25) is 0 Å². The number of methoxy groups -OCH3 is 1. The molecule has 0 spiro atoms. The second-order valence-electron chi connectivity index (χ2n) is 7.86. The minimum Gasteiger partial charge on any atom is -0.495 e. The topological polar surface area (TPSA) is 48.9 Å². The van der Waals surface area contributed by atoms with Gasteiger partial charge >= 0.3 is 0 Å². The highest BCUT2D eigenvalue weighted by Gasteiger charge is 2.29. The molecule has 1 aromatic heterocycles. The van der Waals surface area contributed by atoms with E-state index in [0.717, 1.165) is 63.6 Å². The number of pyridine rings is 1. The molecule has 158 valence electrons. The fraction of sp³-hybridized carbons (Fsp3) is 0.417. The first-order valence-electron chi connectivity index (χ1n) is 10.7. The van der Waals surface area contributed by atoms with Crippen molar-refractivity contribution >= 4 is 17.7 Å². The first-order chi connectivity index (χ1) is 14.7. The highest BCUT2D eigenvalue weighted by molar-refractivity contribution is 5.91. The Morgan fingerprint density at radius 2 is 1.87 bits per heavy atom. The van der Waals surface area contributed by atoms with Crippen molar-refractivity contribution < 1.29 is 9.53 Å². The van der Waals surface area contributed by atoms with Crippen LogP contribution in [-0.4, -0.2) is 73.1 Å². The van der Waals surface area contributed by atoms with E-state index in [9.17, 15) is 4.79 Å². The average Bonchev–Trinajstić information content (AvgIpc) is 2.83.